The molecule has 0 atom stereocenters. The van der Waals surface area contributed by atoms with Crippen LogP contribution in [0.15, 0.2) is 24.3 Å². The van der Waals surface area contributed by atoms with Crippen LogP contribution >= 0.6 is 11.6 Å². The van der Waals surface area contributed by atoms with E-state index in [2.05, 4.69) is 22.2 Å². The lowest BCUT2D eigenvalue weighted by molar-refractivity contribution is 0.628. The summed E-state index contributed by atoms with van der Waals surface area (Å²) in [6.45, 7) is 4.88. The number of nitrogens with one attached hydrogen (secondary N) is 1. The van der Waals surface area contributed by atoms with Gasteiger partial charge in [0.25, 0.3) is 0 Å². The van der Waals surface area contributed by atoms with E-state index in [9.17, 15) is 4.39 Å². The van der Waals surface area contributed by atoms with Crippen molar-refractivity contribution in [2.24, 2.45) is 0 Å². The molecule has 1 N–H and O–H groups in total. The third-order valence-corrected chi connectivity index (χ3v) is 3.13. The molecule has 0 fully saturated rings. The zero-order valence-corrected chi connectivity index (χ0v) is 12.3. The highest BCUT2D eigenvalue weighted by atomic mass is 35.5. The summed E-state index contributed by atoms with van der Waals surface area (Å²) in [6, 6.07) is 6.19. The zero-order chi connectivity index (χ0) is 14.5. The van der Waals surface area contributed by atoms with Crippen molar-refractivity contribution in [3.05, 3.63) is 40.8 Å². The first-order chi connectivity index (χ1) is 9.63. The van der Waals surface area contributed by atoms with Crippen LogP contribution in [0.3, 0.4) is 0 Å². The molecule has 1 heterocycles. The zero-order valence-electron chi connectivity index (χ0n) is 11.6. The van der Waals surface area contributed by atoms with Gasteiger partial charge < -0.3 is 5.32 Å². The first kappa shape index (κ1) is 14.7. The largest absolute Gasteiger partial charge is 0.370 e. The van der Waals surface area contributed by atoms with Gasteiger partial charge in [-0.3, -0.25) is 0 Å². The minimum atomic E-state index is -0.365. The number of aromatic nitrogens is 2. The Labute approximate surface area is 123 Å². The second-order valence-electron chi connectivity index (χ2n) is 4.47. The van der Waals surface area contributed by atoms with Gasteiger partial charge in [0.2, 0.25) is 0 Å². The van der Waals surface area contributed by atoms with Crippen molar-refractivity contribution in [1.29, 1.82) is 0 Å². The van der Waals surface area contributed by atoms with E-state index in [4.69, 9.17) is 11.6 Å². The van der Waals surface area contributed by atoms with Crippen molar-refractivity contribution in [1.82, 2.24) is 9.97 Å². The summed E-state index contributed by atoms with van der Waals surface area (Å²) in [4.78, 5) is 8.95. The molecule has 2 aromatic rings. The Morgan fingerprint density at radius 3 is 2.65 bits per heavy atom. The molecule has 5 heteroatoms. The molecular formula is C15H17ClFN3. The van der Waals surface area contributed by atoms with Gasteiger partial charge in [0, 0.05) is 23.9 Å². The Bertz CT molecular complexity index is 577. The summed E-state index contributed by atoms with van der Waals surface area (Å²) in [7, 11) is 0. The van der Waals surface area contributed by atoms with Gasteiger partial charge in [0.15, 0.2) is 5.82 Å². The number of nitrogens with zero attached hydrogens (tertiary/aromatic N) is 2. The van der Waals surface area contributed by atoms with Gasteiger partial charge in [0.05, 0.1) is 5.02 Å². The van der Waals surface area contributed by atoms with E-state index >= 15 is 0 Å². The van der Waals surface area contributed by atoms with Gasteiger partial charge in [-0.25, -0.2) is 14.4 Å². The average molecular weight is 294 g/mol. The van der Waals surface area contributed by atoms with Crippen LogP contribution in [-0.4, -0.2) is 16.5 Å². The number of aryl methyl sites for hydroxylation is 1. The topological polar surface area (TPSA) is 37.8 Å². The average Bonchev–Trinajstić information content (AvgIpc) is 2.39. The minimum Gasteiger partial charge on any atom is -0.370 e. The molecule has 1 aromatic heterocycles. The fourth-order valence-corrected chi connectivity index (χ4v) is 2.20. The highest BCUT2D eigenvalue weighted by molar-refractivity contribution is 6.33. The van der Waals surface area contributed by atoms with Crippen LogP contribution in [0, 0.1) is 5.82 Å². The molecule has 20 heavy (non-hydrogen) atoms. The Balaban J connectivity index is 2.48. The molecule has 106 valence electrons. The molecule has 0 spiro atoms. The Hall–Kier alpha value is -1.68. The van der Waals surface area contributed by atoms with Crippen LogP contribution < -0.4 is 5.32 Å². The molecule has 0 saturated carbocycles. The number of benzene rings is 1. The van der Waals surface area contributed by atoms with E-state index in [0.717, 1.165) is 30.9 Å². The van der Waals surface area contributed by atoms with Crippen LogP contribution in [0.4, 0.5) is 10.2 Å². The third-order valence-electron chi connectivity index (χ3n) is 2.82. The summed E-state index contributed by atoms with van der Waals surface area (Å²) in [5, 5.41) is 3.50. The first-order valence-electron chi connectivity index (χ1n) is 6.71. The molecule has 0 amide bonds. The molecule has 0 aliphatic carbocycles. The molecule has 0 aliphatic rings. The number of hydrogen-bond donors (Lipinski definition) is 1. The van der Waals surface area contributed by atoms with Gasteiger partial charge in [-0.15, -0.1) is 0 Å². The van der Waals surface area contributed by atoms with Crippen molar-refractivity contribution >= 4 is 17.4 Å². The van der Waals surface area contributed by atoms with Crippen molar-refractivity contribution in [2.45, 2.75) is 26.7 Å². The first-order valence-corrected chi connectivity index (χ1v) is 7.09. The second-order valence-corrected chi connectivity index (χ2v) is 4.88. The van der Waals surface area contributed by atoms with E-state index in [1.54, 1.807) is 6.07 Å². The lowest BCUT2D eigenvalue weighted by Crippen LogP contribution is -2.04. The van der Waals surface area contributed by atoms with Crippen molar-refractivity contribution in [3.8, 4) is 11.4 Å². The highest BCUT2D eigenvalue weighted by Gasteiger charge is 2.10. The normalized spacial score (nSPS) is 10.6. The summed E-state index contributed by atoms with van der Waals surface area (Å²) in [5.41, 5.74) is 1.60. The summed E-state index contributed by atoms with van der Waals surface area (Å²) in [5.74, 6) is 0.925. The van der Waals surface area contributed by atoms with Crippen LogP contribution in [-0.2, 0) is 6.42 Å². The summed E-state index contributed by atoms with van der Waals surface area (Å²) < 4.78 is 13.1. The molecule has 0 aliphatic heterocycles. The predicted octanol–water partition coefficient (Wildman–Crippen LogP) is 4.32. The molecule has 0 radical (unpaired) electrons. The maximum Gasteiger partial charge on any atom is 0.163 e. The quantitative estimate of drug-likeness (QED) is 0.892. The maximum atomic E-state index is 13.1. The fraction of sp³-hybridized carbons (Fsp3) is 0.333. The van der Waals surface area contributed by atoms with Gasteiger partial charge in [-0.1, -0.05) is 24.9 Å². The maximum absolute atomic E-state index is 13.1. The van der Waals surface area contributed by atoms with Crippen LogP contribution in [0.2, 0.25) is 5.02 Å². The molecule has 0 saturated heterocycles. The fourth-order valence-electron chi connectivity index (χ4n) is 1.94. The molecule has 1 aromatic carbocycles. The SMILES string of the molecule is CCCc1cc(NCC)nc(-c2ccc(F)cc2Cl)n1. The molecular weight excluding hydrogens is 277 g/mol. The van der Waals surface area contributed by atoms with E-state index in [1.807, 2.05) is 13.0 Å². The lowest BCUT2D eigenvalue weighted by atomic mass is 10.2. The van der Waals surface area contributed by atoms with Crippen molar-refractivity contribution in [2.75, 3.05) is 11.9 Å². The number of anilines is 1. The number of hydrogen-bond acceptors (Lipinski definition) is 3. The van der Waals surface area contributed by atoms with E-state index in [-0.39, 0.29) is 5.82 Å². The van der Waals surface area contributed by atoms with E-state index in [0.29, 0.717) is 16.4 Å². The highest BCUT2D eigenvalue weighted by Crippen LogP contribution is 2.27. The van der Waals surface area contributed by atoms with Crippen LogP contribution in [0.5, 0.6) is 0 Å². The molecule has 3 nitrogen and oxygen atoms in total. The molecule has 0 bridgehead atoms. The Morgan fingerprint density at radius 1 is 1.20 bits per heavy atom. The van der Waals surface area contributed by atoms with Crippen molar-refractivity contribution < 1.29 is 4.39 Å². The summed E-state index contributed by atoms with van der Waals surface area (Å²) >= 11 is 6.08. The summed E-state index contributed by atoms with van der Waals surface area (Å²) in [6.07, 6.45) is 1.87. The smallest absolute Gasteiger partial charge is 0.163 e. The Kier molecular flexibility index (Phi) is 4.90. The second kappa shape index (κ2) is 6.66. The van der Waals surface area contributed by atoms with Gasteiger partial charge >= 0.3 is 0 Å². The standard InChI is InChI=1S/C15H17ClFN3/c1-3-5-11-9-14(18-4-2)20-15(19-11)12-7-6-10(17)8-13(12)16/h6-9H,3-5H2,1-2H3,(H,18,19,20). The molecule has 0 unspecified atom stereocenters. The van der Waals surface area contributed by atoms with Crippen LogP contribution in [0.1, 0.15) is 26.0 Å². The predicted molar refractivity (Wildman–Crippen MR) is 80.6 cm³/mol. The van der Waals surface area contributed by atoms with E-state index < -0.39 is 0 Å². The number of halogens is 2. The molecule has 2 rings (SSSR count). The third kappa shape index (κ3) is 3.45. The van der Waals surface area contributed by atoms with Gasteiger partial charge in [0.1, 0.15) is 11.6 Å². The van der Waals surface area contributed by atoms with Crippen LogP contribution in [0.25, 0.3) is 11.4 Å². The van der Waals surface area contributed by atoms with Gasteiger partial charge in [-0.2, -0.15) is 0 Å². The Morgan fingerprint density at radius 2 is 2.00 bits per heavy atom. The lowest BCUT2D eigenvalue weighted by Gasteiger charge is -2.09. The minimum absolute atomic E-state index is 0.320. The monoisotopic (exact) mass is 293 g/mol. The number of rotatable bonds is 5. The van der Waals surface area contributed by atoms with Gasteiger partial charge in [-0.05, 0) is 31.5 Å². The van der Waals surface area contributed by atoms with E-state index in [1.165, 1.54) is 12.1 Å². The van der Waals surface area contributed by atoms with Crippen molar-refractivity contribution in [3.63, 3.8) is 0 Å².